The molecule has 0 aliphatic carbocycles. The van der Waals surface area contributed by atoms with Crippen molar-refractivity contribution in [2.45, 2.75) is 6.92 Å². The van der Waals surface area contributed by atoms with Gasteiger partial charge in [-0.3, -0.25) is 14.5 Å². The molecule has 0 bridgehead atoms. The zero-order valence-electron chi connectivity index (χ0n) is 12.6. The zero-order valence-corrected chi connectivity index (χ0v) is 14.3. The van der Waals surface area contributed by atoms with E-state index in [9.17, 15) is 9.59 Å². The highest BCUT2D eigenvalue weighted by Gasteiger charge is 2.33. The maximum atomic E-state index is 12.7. The molecule has 2 aromatic rings. The van der Waals surface area contributed by atoms with E-state index >= 15 is 0 Å². The quantitative estimate of drug-likeness (QED) is 0.485. The highest BCUT2D eigenvalue weighted by atomic mass is 32.2. The van der Waals surface area contributed by atoms with Gasteiger partial charge in [0, 0.05) is 24.5 Å². The summed E-state index contributed by atoms with van der Waals surface area (Å²) in [4.78, 5) is 26.3. The van der Waals surface area contributed by atoms with Crippen molar-refractivity contribution in [1.82, 2.24) is 4.57 Å². The van der Waals surface area contributed by atoms with Crippen LogP contribution >= 0.6 is 24.0 Å². The van der Waals surface area contributed by atoms with Crippen molar-refractivity contribution >= 4 is 51.8 Å². The fourth-order valence-electron chi connectivity index (χ4n) is 2.31. The van der Waals surface area contributed by atoms with Crippen molar-refractivity contribution in [1.29, 1.82) is 0 Å². The topological polar surface area (TPSA) is 42.3 Å². The highest BCUT2D eigenvalue weighted by molar-refractivity contribution is 8.27. The molecule has 1 aromatic carbocycles. The molecule has 0 radical (unpaired) electrons. The number of thioether (sulfide) groups is 1. The molecule has 1 saturated heterocycles. The third kappa shape index (κ3) is 3.00. The van der Waals surface area contributed by atoms with Gasteiger partial charge in [-0.05, 0) is 37.3 Å². The van der Waals surface area contributed by atoms with Gasteiger partial charge in [0.2, 0.25) is 0 Å². The molecule has 1 aromatic heterocycles. The summed E-state index contributed by atoms with van der Waals surface area (Å²) in [7, 11) is 1.92. The van der Waals surface area contributed by atoms with Gasteiger partial charge in [-0.1, -0.05) is 36.1 Å². The first kappa shape index (κ1) is 15.7. The van der Waals surface area contributed by atoms with Gasteiger partial charge in [0.1, 0.15) is 0 Å². The van der Waals surface area contributed by atoms with Crippen LogP contribution in [-0.4, -0.2) is 20.6 Å². The van der Waals surface area contributed by atoms with E-state index in [-0.39, 0.29) is 11.7 Å². The maximum absolute atomic E-state index is 12.7. The maximum Gasteiger partial charge on any atom is 0.270 e. The van der Waals surface area contributed by atoms with E-state index < -0.39 is 0 Å². The predicted molar refractivity (Wildman–Crippen MR) is 97.5 cm³/mol. The highest BCUT2D eigenvalue weighted by Crippen LogP contribution is 2.36. The van der Waals surface area contributed by atoms with E-state index in [1.807, 2.05) is 36.0 Å². The average Bonchev–Trinajstić information content (AvgIpc) is 3.03. The van der Waals surface area contributed by atoms with E-state index in [1.54, 1.807) is 24.3 Å². The summed E-state index contributed by atoms with van der Waals surface area (Å²) in [5.41, 5.74) is 2.11. The van der Waals surface area contributed by atoms with E-state index in [0.29, 0.717) is 20.5 Å². The number of amides is 1. The van der Waals surface area contributed by atoms with Crippen LogP contribution in [0.15, 0.2) is 47.5 Å². The van der Waals surface area contributed by atoms with Gasteiger partial charge in [0.15, 0.2) is 10.1 Å². The molecular formula is C17H14N2O2S2. The van der Waals surface area contributed by atoms with Crippen LogP contribution in [0.5, 0.6) is 0 Å². The van der Waals surface area contributed by atoms with E-state index in [1.165, 1.54) is 23.6 Å². The predicted octanol–water partition coefficient (Wildman–Crippen LogP) is 3.63. The van der Waals surface area contributed by atoms with E-state index in [0.717, 1.165) is 5.69 Å². The van der Waals surface area contributed by atoms with Crippen LogP contribution in [0.1, 0.15) is 23.0 Å². The Morgan fingerprint density at radius 3 is 2.70 bits per heavy atom. The Balaban J connectivity index is 1.96. The first-order chi connectivity index (χ1) is 11.0. The minimum atomic E-state index is -0.165. The third-order valence-corrected chi connectivity index (χ3v) is 4.87. The molecular weight excluding hydrogens is 328 g/mol. The summed E-state index contributed by atoms with van der Waals surface area (Å²) in [6.07, 6.45) is 3.75. The molecule has 2 heterocycles. The monoisotopic (exact) mass is 342 g/mol. The second-order valence-electron chi connectivity index (χ2n) is 5.17. The minimum Gasteiger partial charge on any atom is -0.351 e. The summed E-state index contributed by atoms with van der Waals surface area (Å²) in [5, 5.41) is 0. The number of ketones is 1. The van der Waals surface area contributed by atoms with Gasteiger partial charge in [-0.15, -0.1) is 0 Å². The molecule has 6 heteroatoms. The number of hydrogen-bond donors (Lipinski definition) is 0. The van der Waals surface area contributed by atoms with Crippen LogP contribution in [0, 0.1) is 0 Å². The number of benzene rings is 1. The van der Waals surface area contributed by atoms with E-state index in [4.69, 9.17) is 12.2 Å². The van der Waals surface area contributed by atoms with Crippen molar-refractivity contribution in [3.05, 3.63) is 58.8 Å². The first-order valence-corrected chi connectivity index (χ1v) is 8.20. The number of carbonyl (C=O) groups excluding carboxylic acids is 2. The molecule has 3 rings (SSSR count). The Kier molecular flexibility index (Phi) is 4.19. The Morgan fingerprint density at radius 1 is 1.26 bits per heavy atom. The van der Waals surface area contributed by atoms with Gasteiger partial charge < -0.3 is 4.57 Å². The van der Waals surface area contributed by atoms with Crippen molar-refractivity contribution in [2.75, 3.05) is 4.90 Å². The molecule has 1 fully saturated rings. The molecule has 1 aliphatic heterocycles. The summed E-state index contributed by atoms with van der Waals surface area (Å²) in [6, 6.07) is 10.8. The Labute approximate surface area is 143 Å². The summed E-state index contributed by atoms with van der Waals surface area (Å²) in [5.74, 6) is -0.210. The normalized spacial score (nSPS) is 16.4. The summed E-state index contributed by atoms with van der Waals surface area (Å²) >= 11 is 6.62. The molecule has 116 valence electrons. The molecule has 0 spiro atoms. The number of aryl methyl sites for hydroxylation is 1. The van der Waals surface area contributed by atoms with Crippen molar-refractivity contribution in [2.24, 2.45) is 7.05 Å². The van der Waals surface area contributed by atoms with Crippen LogP contribution in [-0.2, 0) is 11.8 Å². The molecule has 0 atom stereocenters. The lowest BCUT2D eigenvalue weighted by atomic mass is 10.1. The fourth-order valence-corrected chi connectivity index (χ4v) is 3.60. The standard InChI is InChI=1S/C17H14N2O2S2/c1-11(20)12-5-3-6-14(9-12)19-16(21)15(23-17(19)22)10-13-7-4-8-18(13)2/h3-10H,1-2H3/b15-10+. The lowest BCUT2D eigenvalue weighted by Crippen LogP contribution is -2.27. The van der Waals surface area contributed by atoms with Crippen LogP contribution < -0.4 is 4.90 Å². The molecule has 23 heavy (non-hydrogen) atoms. The molecule has 4 nitrogen and oxygen atoms in total. The molecule has 1 aliphatic rings. The molecule has 0 saturated carbocycles. The van der Waals surface area contributed by atoms with Crippen molar-refractivity contribution in [3.8, 4) is 0 Å². The Morgan fingerprint density at radius 2 is 2.04 bits per heavy atom. The minimum absolute atomic E-state index is 0.0448. The lowest BCUT2D eigenvalue weighted by Gasteiger charge is -2.15. The smallest absolute Gasteiger partial charge is 0.270 e. The second kappa shape index (κ2) is 6.14. The fraction of sp³-hybridized carbons (Fsp3) is 0.118. The van der Waals surface area contributed by atoms with Crippen LogP contribution in [0.4, 0.5) is 5.69 Å². The summed E-state index contributed by atoms with van der Waals surface area (Å²) < 4.78 is 2.40. The summed E-state index contributed by atoms with van der Waals surface area (Å²) in [6.45, 7) is 1.50. The van der Waals surface area contributed by atoms with Gasteiger partial charge in [0.05, 0.1) is 10.6 Å². The van der Waals surface area contributed by atoms with Gasteiger partial charge in [0.25, 0.3) is 5.91 Å². The lowest BCUT2D eigenvalue weighted by molar-refractivity contribution is -0.113. The number of rotatable bonds is 3. The zero-order chi connectivity index (χ0) is 16.6. The Bertz CT molecular complexity index is 852. The number of thiocarbonyl (C=S) groups is 1. The molecule has 1 amide bonds. The molecule has 0 unspecified atom stereocenters. The molecule has 0 N–H and O–H groups in total. The third-order valence-electron chi connectivity index (χ3n) is 3.57. The van der Waals surface area contributed by atoms with Crippen molar-refractivity contribution < 1.29 is 9.59 Å². The number of carbonyl (C=O) groups is 2. The van der Waals surface area contributed by atoms with Gasteiger partial charge in [-0.2, -0.15) is 0 Å². The van der Waals surface area contributed by atoms with Crippen LogP contribution in [0.2, 0.25) is 0 Å². The van der Waals surface area contributed by atoms with Crippen molar-refractivity contribution in [3.63, 3.8) is 0 Å². The number of aromatic nitrogens is 1. The average molecular weight is 342 g/mol. The van der Waals surface area contributed by atoms with E-state index in [2.05, 4.69) is 0 Å². The number of anilines is 1. The SMILES string of the molecule is CC(=O)c1cccc(N2C(=O)/C(=C\c3cccn3C)SC2=S)c1. The van der Waals surface area contributed by atoms with Crippen LogP contribution in [0.3, 0.4) is 0 Å². The second-order valence-corrected chi connectivity index (χ2v) is 6.84. The largest absolute Gasteiger partial charge is 0.351 e. The number of Topliss-reactive ketones (excluding diaryl/α,β-unsaturated/α-hetero) is 1. The van der Waals surface area contributed by atoms with Gasteiger partial charge in [-0.25, -0.2) is 0 Å². The number of hydrogen-bond acceptors (Lipinski definition) is 4. The van der Waals surface area contributed by atoms with Crippen LogP contribution in [0.25, 0.3) is 6.08 Å². The van der Waals surface area contributed by atoms with Gasteiger partial charge >= 0.3 is 0 Å². The number of nitrogens with zero attached hydrogens (tertiary/aromatic N) is 2. The first-order valence-electron chi connectivity index (χ1n) is 6.97. The Hall–Kier alpha value is -2.18.